The van der Waals surface area contributed by atoms with Crippen LogP contribution in [0.25, 0.3) is 0 Å². The van der Waals surface area contributed by atoms with Gasteiger partial charge < -0.3 is 11.1 Å². The van der Waals surface area contributed by atoms with Crippen molar-refractivity contribution in [1.82, 2.24) is 9.80 Å². The van der Waals surface area contributed by atoms with Crippen molar-refractivity contribution in [2.75, 3.05) is 43.8 Å². The van der Waals surface area contributed by atoms with Crippen LogP contribution in [0.1, 0.15) is 16.7 Å². The zero-order valence-corrected chi connectivity index (χ0v) is 15.7. The fourth-order valence-corrected chi connectivity index (χ4v) is 3.33. The number of piperazine rings is 1. The molecule has 1 amide bonds. The summed E-state index contributed by atoms with van der Waals surface area (Å²) in [5, 5.41) is 3.05. The van der Waals surface area contributed by atoms with Crippen LogP contribution in [0.2, 0.25) is 0 Å². The Kier molecular flexibility index (Phi) is 5.91. The minimum Gasteiger partial charge on any atom is -0.399 e. The van der Waals surface area contributed by atoms with Crippen molar-refractivity contribution < 1.29 is 4.79 Å². The van der Waals surface area contributed by atoms with Crippen molar-refractivity contribution in [3.63, 3.8) is 0 Å². The average molecular weight is 352 g/mol. The van der Waals surface area contributed by atoms with Gasteiger partial charge in [-0.25, -0.2) is 0 Å². The second-order valence-electron chi connectivity index (χ2n) is 7.09. The minimum absolute atomic E-state index is 0.0583. The fraction of sp³-hybridized carbons (Fsp3) is 0.381. The van der Waals surface area contributed by atoms with Crippen molar-refractivity contribution in [2.24, 2.45) is 0 Å². The minimum atomic E-state index is 0.0583. The first-order valence-corrected chi connectivity index (χ1v) is 9.16. The SMILES string of the molecule is Cc1cccc(NC(=O)CN2CCN(Cc3cccc(N)c3)CC2)c1C. The first-order chi connectivity index (χ1) is 12.5. The van der Waals surface area contributed by atoms with Crippen molar-refractivity contribution in [3.05, 3.63) is 59.2 Å². The quantitative estimate of drug-likeness (QED) is 0.812. The number of amides is 1. The average Bonchev–Trinajstić information content (AvgIpc) is 2.61. The number of rotatable bonds is 5. The Bertz CT molecular complexity index is 766. The van der Waals surface area contributed by atoms with E-state index >= 15 is 0 Å². The van der Waals surface area contributed by atoms with Gasteiger partial charge >= 0.3 is 0 Å². The number of carbonyl (C=O) groups is 1. The highest BCUT2D eigenvalue weighted by molar-refractivity contribution is 5.93. The summed E-state index contributed by atoms with van der Waals surface area (Å²) in [5.41, 5.74) is 11.1. The molecule has 138 valence electrons. The number of nitrogens with two attached hydrogens (primary N) is 1. The van der Waals surface area contributed by atoms with Crippen molar-refractivity contribution >= 4 is 17.3 Å². The van der Waals surface area contributed by atoms with Gasteiger partial charge in [0.15, 0.2) is 0 Å². The topological polar surface area (TPSA) is 61.6 Å². The molecule has 0 saturated carbocycles. The molecule has 5 nitrogen and oxygen atoms in total. The normalized spacial score (nSPS) is 15.8. The third-order valence-electron chi connectivity index (χ3n) is 5.07. The van der Waals surface area contributed by atoms with Gasteiger partial charge in [-0.3, -0.25) is 14.6 Å². The lowest BCUT2D eigenvalue weighted by Gasteiger charge is -2.34. The smallest absolute Gasteiger partial charge is 0.238 e. The molecular formula is C21H28N4O. The summed E-state index contributed by atoms with van der Waals surface area (Å²) in [6.45, 7) is 9.19. The lowest BCUT2D eigenvalue weighted by atomic mass is 10.1. The number of carbonyl (C=O) groups excluding carboxylic acids is 1. The summed E-state index contributed by atoms with van der Waals surface area (Å²) in [5.74, 6) is 0.0583. The molecule has 0 aromatic heterocycles. The molecule has 26 heavy (non-hydrogen) atoms. The molecule has 2 aromatic rings. The Labute approximate surface area is 155 Å². The number of nitrogens with one attached hydrogen (secondary N) is 1. The van der Waals surface area contributed by atoms with Gasteiger partial charge in [-0.1, -0.05) is 24.3 Å². The summed E-state index contributed by atoms with van der Waals surface area (Å²) < 4.78 is 0. The van der Waals surface area contributed by atoms with Crippen molar-refractivity contribution in [3.8, 4) is 0 Å². The number of hydrogen-bond donors (Lipinski definition) is 2. The molecule has 1 aliphatic rings. The highest BCUT2D eigenvalue weighted by atomic mass is 16.2. The number of nitrogens with zero attached hydrogens (tertiary/aromatic N) is 2. The van der Waals surface area contributed by atoms with E-state index in [0.717, 1.165) is 49.7 Å². The fourth-order valence-electron chi connectivity index (χ4n) is 3.33. The summed E-state index contributed by atoms with van der Waals surface area (Å²) >= 11 is 0. The summed E-state index contributed by atoms with van der Waals surface area (Å²) in [6, 6.07) is 14.1. The third kappa shape index (κ3) is 4.84. The molecular weight excluding hydrogens is 324 g/mol. The molecule has 1 fully saturated rings. The Morgan fingerprint density at radius 1 is 1.04 bits per heavy atom. The van der Waals surface area contributed by atoms with Gasteiger partial charge in [0.2, 0.25) is 5.91 Å². The molecule has 1 saturated heterocycles. The highest BCUT2D eigenvalue weighted by Crippen LogP contribution is 2.18. The van der Waals surface area contributed by atoms with E-state index in [2.05, 4.69) is 34.2 Å². The number of hydrogen-bond acceptors (Lipinski definition) is 4. The molecule has 2 aromatic carbocycles. The molecule has 5 heteroatoms. The van der Waals surface area contributed by atoms with Crippen LogP contribution in [0, 0.1) is 13.8 Å². The molecule has 0 unspecified atom stereocenters. The molecule has 0 spiro atoms. The van der Waals surface area contributed by atoms with Crippen LogP contribution in [0.5, 0.6) is 0 Å². The lowest BCUT2D eigenvalue weighted by Crippen LogP contribution is -2.48. The van der Waals surface area contributed by atoms with Crippen LogP contribution in [0.3, 0.4) is 0 Å². The van der Waals surface area contributed by atoms with Crippen molar-refractivity contribution in [1.29, 1.82) is 0 Å². The summed E-state index contributed by atoms with van der Waals surface area (Å²) in [7, 11) is 0. The second-order valence-corrected chi connectivity index (χ2v) is 7.09. The monoisotopic (exact) mass is 352 g/mol. The number of aryl methyl sites for hydroxylation is 1. The molecule has 3 N–H and O–H groups in total. The predicted octanol–water partition coefficient (Wildman–Crippen LogP) is 2.64. The van der Waals surface area contributed by atoms with Crippen LogP contribution in [-0.2, 0) is 11.3 Å². The zero-order valence-electron chi connectivity index (χ0n) is 15.7. The van der Waals surface area contributed by atoms with E-state index in [1.54, 1.807) is 0 Å². The van der Waals surface area contributed by atoms with E-state index in [9.17, 15) is 4.79 Å². The molecule has 0 aliphatic carbocycles. The van der Waals surface area contributed by atoms with Gasteiger partial charge in [0.25, 0.3) is 0 Å². The predicted molar refractivity (Wildman–Crippen MR) is 107 cm³/mol. The molecule has 0 atom stereocenters. The number of nitrogen functional groups attached to an aromatic ring is 1. The van der Waals surface area contributed by atoms with E-state index in [-0.39, 0.29) is 5.91 Å². The van der Waals surface area contributed by atoms with Gasteiger partial charge in [-0.2, -0.15) is 0 Å². The first kappa shape index (κ1) is 18.4. The molecule has 0 radical (unpaired) electrons. The first-order valence-electron chi connectivity index (χ1n) is 9.16. The molecule has 3 rings (SSSR count). The van der Waals surface area contributed by atoms with Gasteiger partial charge in [0.05, 0.1) is 6.54 Å². The summed E-state index contributed by atoms with van der Waals surface area (Å²) in [4.78, 5) is 17.0. The van der Waals surface area contributed by atoms with Crippen molar-refractivity contribution in [2.45, 2.75) is 20.4 Å². The van der Waals surface area contributed by atoms with E-state index in [1.165, 1.54) is 11.1 Å². The van der Waals surface area contributed by atoms with Crippen LogP contribution in [-0.4, -0.2) is 48.4 Å². The van der Waals surface area contributed by atoms with E-state index in [4.69, 9.17) is 5.73 Å². The standard InChI is InChI=1S/C21H28N4O/c1-16-5-3-8-20(17(16)2)23-21(26)15-25-11-9-24(10-12-25)14-18-6-4-7-19(22)13-18/h3-8,13H,9-12,14-15,22H2,1-2H3,(H,23,26). The van der Waals surface area contributed by atoms with E-state index < -0.39 is 0 Å². The Hall–Kier alpha value is -2.37. The Morgan fingerprint density at radius 3 is 2.46 bits per heavy atom. The number of anilines is 2. The lowest BCUT2D eigenvalue weighted by molar-refractivity contribution is -0.117. The van der Waals surface area contributed by atoms with E-state index in [1.807, 2.05) is 37.3 Å². The summed E-state index contributed by atoms with van der Waals surface area (Å²) in [6.07, 6.45) is 0. The maximum atomic E-state index is 12.4. The van der Waals surface area contributed by atoms with Gasteiger partial charge in [-0.05, 0) is 48.7 Å². The van der Waals surface area contributed by atoms with Gasteiger partial charge in [-0.15, -0.1) is 0 Å². The highest BCUT2D eigenvalue weighted by Gasteiger charge is 2.19. The van der Waals surface area contributed by atoms with Crippen LogP contribution >= 0.6 is 0 Å². The molecule has 1 aliphatic heterocycles. The van der Waals surface area contributed by atoms with Gasteiger partial charge in [0, 0.05) is 44.1 Å². The van der Waals surface area contributed by atoms with Crippen LogP contribution in [0.15, 0.2) is 42.5 Å². The van der Waals surface area contributed by atoms with Crippen LogP contribution < -0.4 is 11.1 Å². The molecule has 1 heterocycles. The third-order valence-corrected chi connectivity index (χ3v) is 5.07. The number of benzene rings is 2. The maximum absolute atomic E-state index is 12.4. The second kappa shape index (κ2) is 8.34. The molecule has 0 bridgehead atoms. The van der Waals surface area contributed by atoms with E-state index in [0.29, 0.717) is 6.54 Å². The maximum Gasteiger partial charge on any atom is 0.238 e. The van der Waals surface area contributed by atoms with Gasteiger partial charge in [0.1, 0.15) is 0 Å². The zero-order chi connectivity index (χ0) is 18.5. The van der Waals surface area contributed by atoms with Crippen LogP contribution in [0.4, 0.5) is 11.4 Å². The Morgan fingerprint density at radius 2 is 1.73 bits per heavy atom. The largest absolute Gasteiger partial charge is 0.399 e. The Balaban J connectivity index is 1.46.